The number of methoxy groups -OCH3 is 2. The van der Waals surface area contributed by atoms with Crippen LogP contribution in [0.1, 0.15) is 12.0 Å². The smallest absolute Gasteiger partial charge is 0.271 e. The summed E-state index contributed by atoms with van der Waals surface area (Å²) in [5, 5.41) is 14.0. The molecule has 0 fully saturated rings. The van der Waals surface area contributed by atoms with E-state index in [-0.39, 0.29) is 16.3 Å². The summed E-state index contributed by atoms with van der Waals surface area (Å²) in [6, 6.07) is 18.3. The zero-order valence-corrected chi connectivity index (χ0v) is 20.7. The van der Waals surface area contributed by atoms with Crippen molar-refractivity contribution in [1.29, 1.82) is 0 Å². The first-order valence-corrected chi connectivity index (χ1v) is 12.5. The first-order chi connectivity index (χ1) is 17.3. The van der Waals surface area contributed by atoms with Crippen molar-refractivity contribution >= 4 is 27.3 Å². The molecule has 0 aromatic heterocycles. The second kappa shape index (κ2) is 12.0. The number of benzene rings is 3. The van der Waals surface area contributed by atoms with Gasteiger partial charge in [-0.15, -0.1) is 0 Å². The quantitative estimate of drug-likeness (QED) is 0.223. The number of nitrogens with zero attached hydrogens (tertiary/aromatic N) is 2. The Labute approximate surface area is 209 Å². The van der Waals surface area contributed by atoms with Crippen LogP contribution in [0.3, 0.4) is 0 Å². The molecule has 0 aliphatic heterocycles. The number of non-ortho nitro benzene ring substituents is 1. The topological polar surface area (TPSA) is 128 Å². The average Bonchev–Trinajstić information content (AvgIpc) is 2.90. The fourth-order valence-corrected chi connectivity index (χ4v) is 4.97. The highest BCUT2D eigenvalue weighted by Crippen LogP contribution is 2.28. The molecule has 0 heterocycles. The fourth-order valence-electron chi connectivity index (χ4n) is 3.54. The lowest BCUT2D eigenvalue weighted by atomic mass is 10.1. The molecule has 0 unspecified atom stereocenters. The van der Waals surface area contributed by atoms with Gasteiger partial charge in [0.2, 0.25) is 5.91 Å². The van der Waals surface area contributed by atoms with Gasteiger partial charge in [-0.3, -0.25) is 19.2 Å². The first-order valence-electron chi connectivity index (χ1n) is 11.1. The number of nitro benzene ring substituents is 1. The van der Waals surface area contributed by atoms with Gasteiger partial charge in [0, 0.05) is 18.7 Å². The summed E-state index contributed by atoms with van der Waals surface area (Å²) in [7, 11) is -1.04. The van der Waals surface area contributed by atoms with Crippen LogP contribution in [0.25, 0.3) is 0 Å². The van der Waals surface area contributed by atoms with Gasteiger partial charge >= 0.3 is 0 Å². The van der Waals surface area contributed by atoms with Crippen molar-refractivity contribution in [2.75, 3.05) is 31.6 Å². The molecule has 0 atom stereocenters. The third kappa shape index (κ3) is 6.51. The monoisotopic (exact) mass is 513 g/mol. The van der Waals surface area contributed by atoms with E-state index in [1.165, 1.54) is 30.3 Å². The minimum absolute atomic E-state index is 0.0218. The number of nitrogens with one attached hydrogen (secondary N) is 1. The highest BCUT2D eigenvalue weighted by molar-refractivity contribution is 7.92. The van der Waals surface area contributed by atoms with Crippen LogP contribution in [0.15, 0.2) is 77.7 Å². The van der Waals surface area contributed by atoms with Gasteiger partial charge in [-0.25, -0.2) is 8.42 Å². The van der Waals surface area contributed by atoms with Gasteiger partial charge < -0.3 is 14.8 Å². The predicted octanol–water partition coefficient (Wildman–Crippen LogP) is 3.56. The van der Waals surface area contributed by atoms with Crippen molar-refractivity contribution in [1.82, 2.24) is 5.32 Å². The maximum atomic E-state index is 13.3. The zero-order valence-electron chi connectivity index (χ0n) is 19.9. The van der Waals surface area contributed by atoms with E-state index in [1.54, 1.807) is 38.5 Å². The van der Waals surface area contributed by atoms with Gasteiger partial charge in [0.25, 0.3) is 15.7 Å². The normalized spacial score (nSPS) is 10.9. The number of anilines is 1. The molecule has 190 valence electrons. The molecule has 0 aliphatic rings. The van der Waals surface area contributed by atoms with E-state index in [0.29, 0.717) is 30.9 Å². The molecule has 3 aromatic rings. The lowest BCUT2D eigenvalue weighted by molar-refractivity contribution is -0.384. The van der Waals surface area contributed by atoms with E-state index >= 15 is 0 Å². The molecule has 1 N–H and O–H groups in total. The number of carbonyl (C=O) groups is 1. The van der Waals surface area contributed by atoms with E-state index in [9.17, 15) is 23.3 Å². The number of rotatable bonds is 12. The number of sulfonamides is 1. The van der Waals surface area contributed by atoms with Crippen LogP contribution in [0.2, 0.25) is 0 Å². The molecule has 1 amide bonds. The van der Waals surface area contributed by atoms with Crippen molar-refractivity contribution in [2.24, 2.45) is 0 Å². The number of nitro groups is 1. The second-order valence-corrected chi connectivity index (χ2v) is 9.61. The molecule has 0 saturated heterocycles. The summed E-state index contributed by atoms with van der Waals surface area (Å²) in [5.74, 6) is 0.696. The lowest BCUT2D eigenvalue weighted by Gasteiger charge is -2.24. The van der Waals surface area contributed by atoms with Crippen LogP contribution in [0.5, 0.6) is 11.5 Å². The number of ether oxygens (including phenoxy) is 2. The molecule has 3 aromatic carbocycles. The predicted molar refractivity (Wildman–Crippen MR) is 135 cm³/mol. The number of carbonyl (C=O) groups excluding carboxylic acids is 1. The molecule has 0 bridgehead atoms. The summed E-state index contributed by atoms with van der Waals surface area (Å²) in [5.41, 5.74) is 0.733. The summed E-state index contributed by atoms with van der Waals surface area (Å²) in [4.78, 5) is 23.3. The maximum Gasteiger partial charge on any atom is 0.271 e. The Bertz CT molecular complexity index is 1310. The van der Waals surface area contributed by atoms with E-state index in [2.05, 4.69) is 5.32 Å². The summed E-state index contributed by atoms with van der Waals surface area (Å²) < 4.78 is 38.1. The second-order valence-electron chi connectivity index (χ2n) is 7.74. The van der Waals surface area contributed by atoms with E-state index in [1.807, 2.05) is 12.1 Å². The minimum atomic E-state index is -4.16. The van der Waals surface area contributed by atoms with Gasteiger partial charge in [-0.05, 0) is 48.7 Å². The van der Waals surface area contributed by atoms with E-state index in [4.69, 9.17) is 9.47 Å². The summed E-state index contributed by atoms with van der Waals surface area (Å²) >= 11 is 0. The zero-order chi connectivity index (χ0) is 26.1. The molecular formula is C25H27N3O7S. The summed E-state index contributed by atoms with van der Waals surface area (Å²) in [6.07, 6.45) is 1.25. The van der Waals surface area contributed by atoms with Crippen molar-refractivity contribution < 1.29 is 27.6 Å². The van der Waals surface area contributed by atoms with Crippen molar-refractivity contribution in [3.8, 4) is 11.5 Å². The molecule has 0 aliphatic carbocycles. The highest BCUT2D eigenvalue weighted by Gasteiger charge is 2.28. The van der Waals surface area contributed by atoms with E-state index in [0.717, 1.165) is 15.9 Å². The van der Waals surface area contributed by atoms with Crippen LogP contribution < -0.4 is 19.1 Å². The largest absolute Gasteiger partial charge is 0.493 e. The van der Waals surface area contributed by atoms with Crippen molar-refractivity contribution in [2.45, 2.75) is 17.7 Å². The summed E-state index contributed by atoms with van der Waals surface area (Å²) in [6.45, 7) is -0.226. The molecule has 0 spiro atoms. The third-order valence-corrected chi connectivity index (χ3v) is 7.15. The molecule has 3 rings (SSSR count). The SMILES string of the molecule is COc1ccc(CCCNC(=O)CN(c2cccc([N+](=O)[O-])c2)S(=O)(=O)c2ccccc2)cc1OC. The maximum absolute atomic E-state index is 13.3. The first kappa shape index (κ1) is 26.5. The Morgan fingerprint density at radius 2 is 1.69 bits per heavy atom. The Hall–Kier alpha value is -4.12. The van der Waals surface area contributed by atoms with Crippen molar-refractivity contribution in [3.63, 3.8) is 0 Å². The third-order valence-electron chi connectivity index (χ3n) is 5.36. The van der Waals surface area contributed by atoms with Gasteiger partial charge in [-0.1, -0.05) is 30.3 Å². The van der Waals surface area contributed by atoms with Crippen LogP contribution in [-0.2, 0) is 21.2 Å². The Kier molecular flexibility index (Phi) is 8.85. The van der Waals surface area contributed by atoms with Crippen LogP contribution >= 0.6 is 0 Å². The number of aryl methyl sites for hydroxylation is 1. The van der Waals surface area contributed by atoms with Gasteiger partial charge in [0.15, 0.2) is 11.5 Å². The molecule has 10 nitrogen and oxygen atoms in total. The van der Waals surface area contributed by atoms with E-state index < -0.39 is 27.4 Å². The molecule has 36 heavy (non-hydrogen) atoms. The molecule has 0 radical (unpaired) electrons. The Morgan fingerprint density at radius 1 is 0.972 bits per heavy atom. The fraction of sp³-hybridized carbons (Fsp3) is 0.240. The minimum Gasteiger partial charge on any atom is -0.493 e. The number of hydrogen-bond donors (Lipinski definition) is 1. The van der Waals surface area contributed by atoms with Gasteiger partial charge in [0.05, 0.1) is 29.7 Å². The highest BCUT2D eigenvalue weighted by atomic mass is 32.2. The molecule has 0 saturated carbocycles. The standard InChI is InChI=1S/C25H27N3O7S/c1-34-23-14-13-19(16-24(23)35-2)8-7-15-26-25(29)18-27(20-9-6-10-21(17-20)28(30)31)36(32,33)22-11-4-3-5-12-22/h3-6,9-14,16-17H,7-8,15,18H2,1-2H3,(H,26,29). The van der Waals surface area contributed by atoms with Crippen LogP contribution in [0, 0.1) is 10.1 Å². The lowest BCUT2D eigenvalue weighted by Crippen LogP contribution is -2.41. The average molecular weight is 514 g/mol. The number of hydrogen-bond acceptors (Lipinski definition) is 7. The van der Waals surface area contributed by atoms with Gasteiger partial charge in [0.1, 0.15) is 6.54 Å². The Balaban J connectivity index is 1.71. The van der Waals surface area contributed by atoms with Crippen LogP contribution in [-0.4, -0.2) is 46.6 Å². The van der Waals surface area contributed by atoms with Crippen molar-refractivity contribution in [3.05, 3.63) is 88.5 Å². The molecule has 11 heteroatoms. The number of amides is 1. The van der Waals surface area contributed by atoms with Crippen LogP contribution in [0.4, 0.5) is 11.4 Å². The van der Waals surface area contributed by atoms with Gasteiger partial charge in [-0.2, -0.15) is 0 Å². The Morgan fingerprint density at radius 3 is 2.36 bits per heavy atom. The molecular weight excluding hydrogens is 486 g/mol.